The van der Waals surface area contributed by atoms with Crippen molar-refractivity contribution < 1.29 is 24.5 Å². The second-order valence-corrected chi connectivity index (χ2v) is 6.97. The minimum atomic E-state index is -0.609. The quantitative estimate of drug-likeness (QED) is 0.548. The molecule has 0 saturated carbocycles. The van der Waals surface area contributed by atoms with Crippen molar-refractivity contribution in [2.24, 2.45) is 5.92 Å². The molecule has 0 spiro atoms. The van der Waals surface area contributed by atoms with Gasteiger partial charge in [-0.2, -0.15) is 0 Å². The Balaban J connectivity index is 2.19. The van der Waals surface area contributed by atoms with E-state index in [1.54, 1.807) is 18.2 Å². The van der Waals surface area contributed by atoms with E-state index in [1.807, 2.05) is 37.3 Å². The Labute approximate surface area is 167 Å². The van der Waals surface area contributed by atoms with Crippen LogP contribution >= 0.6 is 15.9 Å². The Kier molecular flexibility index (Phi) is 8.57. The molecular weight excluding hydrogens is 414 g/mol. The summed E-state index contributed by atoms with van der Waals surface area (Å²) in [6.45, 7) is 1.91. The zero-order valence-corrected chi connectivity index (χ0v) is 16.7. The predicted molar refractivity (Wildman–Crippen MR) is 107 cm³/mol. The topological polar surface area (TPSA) is 88.0 Å². The number of anilines is 1. The molecule has 0 aliphatic rings. The maximum atomic E-state index is 12.4. The van der Waals surface area contributed by atoms with Gasteiger partial charge in [-0.05, 0) is 42.7 Å². The van der Waals surface area contributed by atoms with Gasteiger partial charge in [0.1, 0.15) is 18.5 Å². The number of rotatable bonds is 9. The summed E-state index contributed by atoms with van der Waals surface area (Å²) in [4.78, 5) is 12.4. The largest absolute Gasteiger partial charge is 0.491 e. The van der Waals surface area contributed by atoms with Crippen LogP contribution in [-0.4, -0.2) is 36.1 Å². The summed E-state index contributed by atoms with van der Waals surface area (Å²) in [5.41, 5.74) is 1.31. The van der Waals surface area contributed by atoms with Gasteiger partial charge < -0.3 is 19.7 Å². The molecule has 146 valence electrons. The fourth-order valence-corrected chi connectivity index (χ4v) is 2.90. The smallest absolute Gasteiger partial charge is 0.412 e. The van der Waals surface area contributed by atoms with Crippen LogP contribution in [0.2, 0.25) is 0 Å². The van der Waals surface area contributed by atoms with E-state index >= 15 is 0 Å². The molecule has 7 heteroatoms. The van der Waals surface area contributed by atoms with Gasteiger partial charge in [0, 0.05) is 22.3 Å². The molecule has 2 rings (SSSR count). The second kappa shape index (κ2) is 10.9. The standard InChI is InChI=1S/C20H24BrNO5/c1-14(10-11-23)19(17-4-2-3-5-18(17)26-13-12-24)27-20(25)22-16-8-6-15(21)7-9-16/h2-9,14,19,23-24H,10-13H2,1H3,(H,22,25)/t14-,19-/m1/s1. The highest BCUT2D eigenvalue weighted by Crippen LogP contribution is 2.35. The molecule has 0 unspecified atom stereocenters. The molecule has 0 aliphatic carbocycles. The van der Waals surface area contributed by atoms with Crippen LogP contribution in [0.4, 0.5) is 10.5 Å². The van der Waals surface area contributed by atoms with Gasteiger partial charge in [-0.3, -0.25) is 5.32 Å². The summed E-state index contributed by atoms with van der Waals surface area (Å²) in [6, 6.07) is 14.4. The summed E-state index contributed by atoms with van der Waals surface area (Å²) >= 11 is 3.35. The number of aliphatic hydroxyl groups is 2. The molecule has 2 aromatic carbocycles. The van der Waals surface area contributed by atoms with Crippen molar-refractivity contribution in [3.63, 3.8) is 0 Å². The number of carbonyl (C=O) groups is 1. The highest BCUT2D eigenvalue weighted by atomic mass is 79.9. The minimum absolute atomic E-state index is 0.0188. The molecule has 0 fully saturated rings. The summed E-state index contributed by atoms with van der Waals surface area (Å²) in [6.07, 6.45) is -0.739. The first-order valence-electron chi connectivity index (χ1n) is 8.71. The van der Waals surface area contributed by atoms with Gasteiger partial charge in [0.25, 0.3) is 0 Å². The molecule has 0 bridgehead atoms. The number of amides is 1. The number of halogens is 1. The molecule has 6 nitrogen and oxygen atoms in total. The van der Waals surface area contributed by atoms with Gasteiger partial charge in [-0.1, -0.05) is 41.1 Å². The van der Waals surface area contributed by atoms with Crippen molar-refractivity contribution in [2.75, 3.05) is 25.1 Å². The first kappa shape index (κ1) is 21.2. The molecule has 3 N–H and O–H groups in total. The Bertz CT molecular complexity index is 723. The third-order valence-corrected chi connectivity index (χ3v) is 4.53. The van der Waals surface area contributed by atoms with E-state index in [0.29, 0.717) is 23.4 Å². The van der Waals surface area contributed by atoms with E-state index in [0.717, 1.165) is 4.47 Å². The van der Waals surface area contributed by atoms with Crippen LogP contribution in [0.1, 0.15) is 25.0 Å². The fraction of sp³-hybridized carbons (Fsp3) is 0.350. The van der Waals surface area contributed by atoms with E-state index in [-0.39, 0.29) is 25.7 Å². The molecular formula is C20H24BrNO5. The maximum Gasteiger partial charge on any atom is 0.412 e. The normalized spacial score (nSPS) is 12.9. The Hall–Kier alpha value is -2.09. The van der Waals surface area contributed by atoms with Crippen LogP contribution in [0, 0.1) is 5.92 Å². The molecule has 0 saturated heterocycles. The van der Waals surface area contributed by atoms with E-state index in [4.69, 9.17) is 14.6 Å². The van der Waals surface area contributed by atoms with Gasteiger partial charge in [-0.15, -0.1) is 0 Å². The number of para-hydroxylation sites is 1. The zero-order valence-electron chi connectivity index (χ0n) is 15.1. The number of nitrogens with one attached hydrogen (secondary N) is 1. The number of hydrogen-bond donors (Lipinski definition) is 3. The Morgan fingerprint density at radius 3 is 2.48 bits per heavy atom. The minimum Gasteiger partial charge on any atom is -0.491 e. The number of aliphatic hydroxyl groups excluding tert-OH is 2. The molecule has 1 amide bonds. The van der Waals surface area contributed by atoms with Crippen LogP contribution in [0.25, 0.3) is 0 Å². The maximum absolute atomic E-state index is 12.4. The van der Waals surface area contributed by atoms with E-state index in [1.165, 1.54) is 0 Å². The zero-order chi connectivity index (χ0) is 19.6. The van der Waals surface area contributed by atoms with Crippen molar-refractivity contribution in [1.29, 1.82) is 0 Å². The van der Waals surface area contributed by atoms with Crippen molar-refractivity contribution in [3.05, 3.63) is 58.6 Å². The van der Waals surface area contributed by atoms with E-state index in [9.17, 15) is 9.90 Å². The molecule has 0 aromatic heterocycles. The molecule has 2 atom stereocenters. The van der Waals surface area contributed by atoms with E-state index in [2.05, 4.69) is 21.2 Å². The monoisotopic (exact) mass is 437 g/mol. The average Bonchev–Trinajstić information content (AvgIpc) is 2.67. The van der Waals surface area contributed by atoms with Crippen molar-refractivity contribution in [2.45, 2.75) is 19.4 Å². The lowest BCUT2D eigenvalue weighted by Crippen LogP contribution is -2.23. The van der Waals surface area contributed by atoms with Gasteiger partial charge in [0.05, 0.1) is 6.61 Å². The molecule has 27 heavy (non-hydrogen) atoms. The fourth-order valence-electron chi connectivity index (χ4n) is 2.64. The van der Waals surface area contributed by atoms with Crippen LogP contribution < -0.4 is 10.1 Å². The van der Waals surface area contributed by atoms with Crippen molar-refractivity contribution >= 4 is 27.7 Å². The number of hydrogen-bond acceptors (Lipinski definition) is 5. The first-order chi connectivity index (χ1) is 13.0. The Morgan fingerprint density at radius 2 is 1.81 bits per heavy atom. The lowest BCUT2D eigenvalue weighted by Gasteiger charge is -2.26. The predicted octanol–water partition coefficient (Wildman–Crippen LogP) is 4.13. The summed E-state index contributed by atoms with van der Waals surface area (Å²) < 4.78 is 12.2. The lowest BCUT2D eigenvalue weighted by molar-refractivity contribution is 0.0641. The lowest BCUT2D eigenvalue weighted by atomic mass is 9.94. The molecule has 0 heterocycles. The summed E-state index contributed by atoms with van der Waals surface area (Å²) in [7, 11) is 0. The van der Waals surface area contributed by atoms with Gasteiger partial charge in [0.2, 0.25) is 0 Å². The Morgan fingerprint density at radius 1 is 1.11 bits per heavy atom. The molecule has 2 aromatic rings. The van der Waals surface area contributed by atoms with Crippen molar-refractivity contribution in [1.82, 2.24) is 0 Å². The highest BCUT2D eigenvalue weighted by molar-refractivity contribution is 9.10. The number of ether oxygens (including phenoxy) is 2. The molecule has 0 radical (unpaired) electrons. The third-order valence-electron chi connectivity index (χ3n) is 4.00. The summed E-state index contributed by atoms with van der Waals surface area (Å²) in [5, 5.41) is 21.0. The first-order valence-corrected chi connectivity index (χ1v) is 9.51. The molecule has 0 aliphatic heterocycles. The third kappa shape index (κ3) is 6.53. The average molecular weight is 438 g/mol. The van der Waals surface area contributed by atoms with Gasteiger partial charge in [-0.25, -0.2) is 4.79 Å². The summed E-state index contributed by atoms with van der Waals surface area (Å²) in [5.74, 6) is 0.405. The van der Waals surface area contributed by atoms with Gasteiger partial charge in [0.15, 0.2) is 0 Å². The van der Waals surface area contributed by atoms with Crippen LogP contribution in [0.3, 0.4) is 0 Å². The van der Waals surface area contributed by atoms with E-state index < -0.39 is 12.2 Å². The van der Waals surface area contributed by atoms with Crippen LogP contribution in [0.5, 0.6) is 5.75 Å². The van der Waals surface area contributed by atoms with Crippen LogP contribution in [-0.2, 0) is 4.74 Å². The van der Waals surface area contributed by atoms with Crippen LogP contribution in [0.15, 0.2) is 53.0 Å². The second-order valence-electron chi connectivity index (χ2n) is 6.06. The highest BCUT2D eigenvalue weighted by Gasteiger charge is 2.26. The number of benzene rings is 2. The van der Waals surface area contributed by atoms with Gasteiger partial charge >= 0.3 is 6.09 Å². The number of carbonyl (C=O) groups excluding carboxylic acids is 1. The SMILES string of the molecule is C[C@H](CCO)[C@@H](OC(=O)Nc1ccc(Br)cc1)c1ccccc1OCCO. The van der Waals surface area contributed by atoms with Crippen molar-refractivity contribution in [3.8, 4) is 5.75 Å².